The van der Waals surface area contributed by atoms with E-state index in [9.17, 15) is 24.5 Å². The summed E-state index contributed by atoms with van der Waals surface area (Å²) in [5, 5.41) is 14.3. The largest absolute Gasteiger partial charge is 0.481 e. The van der Waals surface area contributed by atoms with E-state index in [0.29, 0.717) is 17.1 Å². The number of carbonyl (C=O) groups excluding carboxylic acids is 3. The van der Waals surface area contributed by atoms with E-state index in [1.165, 1.54) is 37.5 Å². The van der Waals surface area contributed by atoms with Gasteiger partial charge in [0.2, 0.25) is 18.3 Å². The maximum absolute atomic E-state index is 12.9. The van der Waals surface area contributed by atoms with E-state index in [2.05, 4.69) is 26.0 Å². The molecule has 1 saturated heterocycles. The van der Waals surface area contributed by atoms with E-state index in [0.717, 1.165) is 4.90 Å². The molecular weight excluding hydrogens is 582 g/mol. The van der Waals surface area contributed by atoms with Crippen LogP contribution in [0.15, 0.2) is 57.1 Å². The molecule has 13 nitrogen and oxygen atoms in total. The average Bonchev–Trinajstić information content (AvgIpc) is 3.64. The summed E-state index contributed by atoms with van der Waals surface area (Å²) < 4.78 is 26.5. The zero-order valence-corrected chi connectivity index (χ0v) is 21.7. The van der Waals surface area contributed by atoms with Crippen LogP contribution in [0.4, 0.5) is 10.5 Å². The highest BCUT2D eigenvalue weighted by atomic mass is 79.9. The zero-order valence-electron chi connectivity index (χ0n) is 20.1. The number of carbonyl (C=O) groups is 3. The smallest absolute Gasteiger partial charge is 0.373 e. The van der Waals surface area contributed by atoms with Crippen molar-refractivity contribution in [3.8, 4) is 17.2 Å². The Hall–Kier alpha value is -4.85. The molecule has 1 aromatic heterocycles. The average molecular weight is 600 g/mol. The molecule has 0 unspecified atom stereocenters. The van der Waals surface area contributed by atoms with Crippen LogP contribution < -0.4 is 19.5 Å². The normalized spacial score (nSPS) is 15.0. The quantitative estimate of drug-likeness (QED) is 0.131. The lowest BCUT2D eigenvalue weighted by molar-refractivity contribution is -0.386. The van der Waals surface area contributed by atoms with Crippen LogP contribution >= 0.6 is 15.9 Å². The number of imide groups is 1. The molecule has 0 radical (unpaired) electrons. The summed E-state index contributed by atoms with van der Waals surface area (Å²) in [5.74, 6) is -0.129. The Morgan fingerprint density at radius 2 is 1.97 bits per heavy atom. The van der Waals surface area contributed by atoms with Crippen molar-refractivity contribution in [1.29, 1.82) is 0 Å². The Labute approximate surface area is 228 Å². The lowest BCUT2D eigenvalue weighted by atomic mass is 10.1. The molecule has 3 heterocycles. The van der Waals surface area contributed by atoms with Crippen molar-refractivity contribution in [1.82, 2.24) is 10.2 Å². The number of hydrogen-bond acceptors (Lipinski definition) is 10. The minimum atomic E-state index is -0.723. The van der Waals surface area contributed by atoms with Crippen LogP contribution in [0.5, 0.6) is 17.2 Å². The second kappa shape index (κ2) is 10.5. The number of fused-ring (bicyclic) bond motifs is 1. The molecule has 2 aromatic carbocycles. The van der Waals surface area contributed by atoms with Gasteiger partial charge in [0.05, 0.1) is 23.1 Å². The monoisotopic (exact) mass is 599 g/mol. The van der Waals surface area contributed by atoms with Gasteiger partial charge in [-0.3, -0.25) is 19.8 Å². The maximum atomic E-state index is 12.9. The van der Waals surface area contributed by atoms with Crippen molar-refractivity contribution < 1.29 is 42.7 Å². The highest BCUT2D eigenvalue weighted by Crippen LogP contribution is 2.38. The van der Waals surface area contributed by atoms with Crippen LogP contribution in [0.1, 0.15) is 27.4 Å². The number of ether oxygens (including phenoxy) is 4. The van der Waals surface area contributed by atoms with Gasteiger partial charge in [0.15, 0.2) is 11.5 Å². The van der Waals surface area contributed by atoms with E-state index in [1.807, 2.05) is 0 Å². The molecule has 39 heavy (non-hydrogen) atoms. The first-order valence-electron chi connectivity index (χ1n) is 11.2. The van der Waals surface area contributed by atoms with Crippen molar-refractivity contribution >= 4 is 45.6 Å². The second-order valence-electron chi connectivity index (χ2n) is 8.22. The molecule has 2 aliphatic rings. The number of nitro benzene ring substituents is 1. The molecule has 2 aliphatic heterocycles. The lowest BCUT2D eigenvalue weighted by Crippen LogP contribution is -2.30. The summed E-state index contributed by atoms with van der Waals surface area (Å²) in [6, 6.07) is 10.0. The molecule has 3 amide bonds. The summed E-state index contributed by atoms with van der Waals surface area (Å²) in [5.41, 5.74) is 0.522. The zero-order chi connectivity index (χ0) is 27.7. The van der Waals surface area contributed by atoms with Gasteiger partial charge in [-0.25, -0.2) is 9.59 Å². The van der Waals surface area contributed by atoms with Crippen LogP contribution in [-0.2, 0) is 22.7 Å². The van der Waals surface area contributed by atoms with Crippen LogP contribution in [0, 0.1) is 10.1 Å². The van der Waals surface area contributed by atoms with Gasteiger partial charge < -0.3 is 28.7 Å². The number of amides is 3. The molecule has 0 saturated carbocycles. The third kappa shape index (κ3) is 5.27. The third-order valence-corrected chi connectivity index (χ3v) is 6.29. The van der Waals surface area contributed by atoms with Gasteiger partial charge in [-0.1, -0.05) is 6.07 Å². The fraction of sp³-hybridized carbons (Fsp3) is 0.160. The van der Waals surface area contributed by atoms with Crippen LogP contribution in [0.2, 0.25) is 0 Å². The van der Waals surface area contributed by atoms with Gasteiger partial charge in [-0.05, 0) is 63.5 Å². The minimum Gasteiger partial charge on any atom is -0.481 e. The maximum Gasteiger partial charge on any atom is 0.373 e. The number of halogens is 1. The third-order valence-electron chi connectivity index (χ3n) is 5.70. The molecule has 1 fully saturated rings. The highest BCUT2D eigenvalue weighted by Gasteiger charge is 2.34. The minimum absolute atomic E-state index is 0.0116. The Morgan fingerprint density at radius 1 is 1.18 bits per heavy atom. The predicted molar refractivity (Wildman–Crippen MR) is 135 cm³/mol. The number of nitrogens with one attached hydrogen (secondary N) is 1. The van der Waals surface area contributed by atoms with Gasteiger partial charge in [-0.15, -0.1) is 0 Å². The molecule has 0 bridgehead atoms. The van der Waals surface area contributed by atoms with Crippen molar-refractivity contribution in [2.45, 2.75) is 13.2 Å². The van der Waals surface area contributed by atoms with E-state index in [4.69, 9.17) is 18.6 Å². The molecule has 14 heteroatoms. The summed E-state index contributed by atoms with van der Waals surface area (Å²) in [6.07, 6.45) is 1.31. The first kappa shape index (κ1) is 25.8. The summed E-state index contributed by atoms with van der Waals surface area (Å²) in [6.45, 7) is -0.104. The Kier molecular flexibility index (Phi) is 6.94. The van der Waals surface area contributed by atoms with Crippen LogP contribution in [-0.4, -0.2) is 41.6 Å². The fourth-order valence-corrected chi connectivity index (χ4v) is 4.44. The number of rotatable bonds is 8. The van der Waals surface area contributed by atoms with E-state index in [-0.39, 0.29) is 58.6 Å². The number of urea groups is 1. The number of nitro groups is 1. The number of benzene rings is 2. The molecular formula is C25H18BrN3O10. The van der Waals surface area contributed by atoms with Gasteiger partial charge in [0.25, 0.3) is 5.91 Å². The Morgan fingerprint density at radius 3 is 2.74 bits per heavy atom. The highest BCUT2D eigenvalue weighted by molar-refractivity contribution is 9.10. The SMILES string of the molecule is COC(=O)c1ccc(CN2C(=O)N/C(=C\c3cc(Br)c(OCc4ccc5c(c4)OCO5)c([N+](=O)[O-])c3)C2=O)o1. The number of hydrogen-bond donors (Lipinski definition) is 1. The van der Waals surface area contributed by atoms with Crippen LogP contribution in [0.3, 0.4) is 0 Å². The molecule has 200 valence electrons. The van der Waals surface area contributed by atoms with E-state index in [1.54, 1.807) is 18.2 Å². The van der Waals surface area contributed by atoms with Crippen LogP contribution in [0.25, 0.3) is 6.08 Å². The summed E-state index contributed by atoms with van der Waals surface area (Å²) in [4.78, 5) is 49.0. The van der Waals surface area contributed by atoms with E-state index < -0.39 is 22.8 Å². The topological polar surface area (TPSA) is 160 Å². The number of esters is 1. The van der Waals surface area contributed by atoms with Crippen molar-refractivity contribution in [2.75, 3.05) is 13.9 Å². The van der Waals surface area contributed by atoms with Gasteiger partial charge in [-0.2, -0.15) is 0 Å². The number of furan rings is 1. The van der Waals surface area contributed by atoms with Gasteiger partial charge >= 0.3 is 17.7 Å². The van der Waals surface area contributed by atoms with Crippen molar-refractivity contribution in [3.63, 3.8) is 0 Å². The summed E-state index contributed by atoms with van der Waals surface area (Å²) in [7, 11) is 1.19. The Bertz CT molecular complexity index is 1550. The molecule has 0 aliphatic carbocycles. The molecule has 0 spiro atoms. The second-order valence-corrected chi connectivity index (χ2v) is 9.08. The lowest BCUT2D eigenvalue weighted by Gasteiger charge is -2.11. The predicted octanol–water partition coefficient (Wildman–Crippen LogP) is 4.14. The van der Waals surface area contributed by atoms with Gasteiger partial charge in [0.1, 0.15) is 18.1 Å². The molecule has 3 aromatic rings. The number of methoxy groups -OCH3 is 1. The number of nitrogens with zero attached hydrogens (tertiary/aromatic N) is 2. The van der Waals surface area contributed by atoms with Crippen molar-refractivity contribution in [3.05, 3.63) is 85.4 Å². The summed E-state index contributed by atoms with van der Waals surface area (Å²) >= 11 is 3.31. The fourth-order valence-electron chi connectivity index (χ4n) is 3.86. The Balaban J connectivity index is 1.34. The first-order valence-corrected chi connectivity index (χ1v) is 12.0. The van der Waals surface area contributed by atoms with E-state index >= 15 is 0 Å². The molecule has 5 rings (SSSR count). The molecule has 0 atom stereocenters. The van der Waals surface area contributed by atoms with Crippen molar-refractivity contribution in [2.24, 2.45) is 0 Å². The van der Waals surface area contributed by atoms with Gasteiger partial charge in [0, 0.05) is 6.07 Å². The molecule has 1 N–H and O–H groups in total. The standard InChI is InChI=1S/C25H18BrN3O10/c1-35-24(31)20-5-3-15(39-20)10-28-23(30)17(27-25(28)32)7-14-6-16(26)22(18(8-14)29(33)34)36-11-13-2-4-19-21(9-13)38-12-37-19/h2-9H,10-12H2,1H3,(H,27,32)/b17-7-. The first-order chi connectivity index (χ1) is 18.7.